The summed E-state index contributed by atoms with van der Waals surface area (Å²) in [5.41, 5.74) is 7.95. The zero-order chi connectivity index (χ0) is 14.3. The Morgan fingerprint density at radius 1 is 1.15 bits per heavy atom. The number of fused-ring (bicyclic) bond motifs is 2. The monoisotopic (exact) mass is 287 g/mol. The molecule has 2 bridgehead atoms. The Labute approximate surface area is 127 Å². The van der Waals surface area contributed by atoms with Gasteiger partial charge in [0, 0.05) is 5.92 Å². The average molecular weight is 287 g/mol. The summed E-state index contributed by atoms with van der Waals surface area (Å²) in [6.07, 6.45) is 5.12. The smallest absolute Gasteiger partial charge is 0.0764 e. The third-order valence-electron chi connectivity index (χ3n) is 5.65. The van der Waals surface area contributed by atoms with Gasteiger partial charge >= 0.3 is 0 Å². The van der Waals surface area contributed by atoms with Crippen molar-refractivity contribution in [1.29, 1.82) is 0 Å². The first kappa shape index (κ1) is 14.1. The highest BCUT2D eigenvalue weighted by Crippen LogP contribution is 2.56. The van der Waals surface area contributed by atoms with Crippen LogP contribution in [0.15, 0.2) is 30.3 Å². The maximum absolute atomic E-state index is 6.05. The van der Waals surface area contributed by atoms with Gasteiger partial charge in [-0.3, -0.25) is 0 Å². The van der Waals surface area contributed by atoms with Gasteiger partial charge in [0.15, 0.2) is 0 Å². The van der Waals surface area contributed by atoms with Crippen molar-refractivity contribution >= 4 is 17.2 Å². The van der Waals surface area contributed by atoms with Gasteiger partial charge in [0.1, 0.15) is 0 Å². The van der Waals surface area contributed by atoms with Crippen molar-refractivity contribution in [2.45, 2.75) is 44.9 Å². The molecule has 5 unspecified atom stereocenters. The van der Waals surface area contributed by atoms with Gasteiger partial charge in [-0.15, -0.1) is 0 Å². The second-order valence-electron chi connectivity index (χ2n) is 7.27. The molecule has 2 saturated carbocycles. The largest absolute Gasteiger partial charge is 0.393 e. The lowest BCUT2D eigenvalue weighted by atomic mass is 9.51. The minimum Gasteiger partial charge on any atom is -0.393 e. The molecule has 2 aliphatic carbocycles. The molecule has 2 fully saturated rings. The number of hydrogen-bond donors (Lipinski definition) is 1. The fourth-order valence-electron chi connectivity index (χ4n) is 5.24. The van der Waals surface area contributed by atoms with Crippen molar-refractivity contribution in [1.82, 2.24) is 0 Å². The zero-order valence-electron chi connectivity index (χ0n) is 12.5. The van der Waals surface area contributed by atoms with Crippen LogP contribution in [0.2, 0.25) is 0 Å². The average Bonchev–Trinajstić information content (AvgIpc) is 2.37. The first-order valence-corrected chi connectivity index (χ1v) is 8.27. The molecule has 2 heteroatoms. The topological polar surface area (TPSA) is 26.0 Å². The van der Waals surface area contributed by atoms with Crippen LogP contribution >= 0.6 is 12.2 Å². The van der Waals surface area contributed by atoms with Crippen molar-refractivity contribution in [2.75, 3.05) is 0 Å². The second kappa shape index (κ2) is 5.14. The van der Waals surface area contributed by atoms with Crippen LogP contribution in [0.25, 0.3) is 0 Å². The molecule has 2 N–H and O–H groups in total. The van der Waals surface area contributed by atoms with Gasteiger partial charge in [-0.2, -0.15) is 0 Å². The molecule has 0 aromatic heterocycles. The lowest BCUT2D eigenvalue weighted by molar-refractivity contribution is 0.0514. The van der Waals surface area contributed by atoms with Crippen LogP contribution in [0.5, 0.6) is 0 Å². The standard InChI is InChI=1S/C18H25NS/c1-12-8-14-11-18(9-12,15-6-4-3-5-7-15)10-13(2)16(14)17(19)20/h3-7,12-14,16H,8-11H2,1-2H3,(H2,19,20). The molecule has 1 aromatic rings. The van der Waals surface area contributed by atoms with Gasteiger partial charge in [-0.05, 0) is 54.4 Å². The molecular weight excluding hydrogens is 262 g/mol. The third kappa shape index (κ3) is 2.28. The molecule has 20 heavy (non-hydrogen) atoms. The van der Waals surface area contributed by atoms with Crippen LogP contribution < -0.4 is 5.73 Å². The highest BCUT2D eigenvalue weighted by molar-refractivity contribution is 7.80. The quantitative estimate of drug-likeness (QED) is 0.821. The Kier molecular flexibility index (Phi) is 3.62. The molecule has 2 aliphatic rings. The summed E-state index contributed by atoms with van der Waals surface area (Å²) >= 11 is 5.37. The van der Waals surface area contributed by atoms with Crippen molar-refractivity contribution in [3.05, 3.63) is 35.9 Å². The fraction of sp³-hybridized carbons (Fsp3) is 0.611. The first-order valence-electron chi connectivity index (χ1n) is 7.87. The van der Waals surface area contributed by atoms with E-state index in [4.69, 9.17) is 18.0 Å². The van der Waals surface area contributed by atoms with E-state index in [2.05, 4.69) is 44.2 Å². The lowest BCUT2D eigenvalue weighted by Crippen LogP contribution is -2.50. The highest BCUT2D eigenvalue weighted by Gasteiger charge is 2.49. The van der Waals surface area contributed by atoms with E-state index in [1.807, 2.05) is 0 Å². The maximum atomic E-state index is 6.05. The number of thiocarbonyl (C=S) groups is 1. The van der Waals surface area contributed by atoms with E-state index >= 15 is 0 Å². The first-order chi connectivity index (χ1) is 9.52. The zero-order valence-corrected chi connectivity index (χ0v) is 13.3. The molecule has 1 aromatic carbocycles. The SMILES string of the molecule is CC1CC2CC(c3ccccc3)(C1)CC(C)C2C(N)=S. The van der Waals surface area contributed by atoms with Crippen molar-refractivity contribution < 1.29 is 0 Å². The molecular formula is C18H25NS. The highest BCUT2D eigenvalue weighted by atomic mass is 32.1. The molecule has 1 nitrogen and oxygen atoms in total. The molecule has 0 saturated heterocycles. The van der Waals surface area contributed by atoms with E-state index in [1.54, 1.807) is 0 Å². The fourth-order valence-corrected chi connectivity index (χ4v) is 5.67. The number of rotatable bonds is 2. The minimum absolute atomic E-state index is 0.365. The van der Waals surface area contributed by atoms with E-state index < -0.39 is 0 Å². The molecule has 0 heterocycles. The Balaban J connectivity index is 1.99. The maximum Gasteiger partial charge on any atom is 0.0764 e. The van der Waals surface area contributed by atoms with Crippen molar-refractivity contribution in [3.8, 4) is 0 Å². The van der Waals surface area contributed by atoms with Gasteiger partial charge in [-0.25, -0.2) is 0 Å². The molecule has 5 atom stereocenters. The summed E-state index contributed by atoms with van der Waals surface area (Å²) in [5.74, 6) is 2.52. The van der Waals surface area contributed by atoms with Gasteiger partial charge in [0.2, 0.25) is 0 Å². The van der Waals surface area contributed by atoms with Crippen LogP contribution in [0.3, 0.4) is 0 Å². The predicted molar refractivity (Wildman–Crippen MR) is 88.7 cm³/mol. The summed E-state index contributed by atoms with van der Waals surface area (Å²) in [5, 5.41) is 0. The van der Waals surface area contributed by atoms with E-state index in [0.717, 1.165) is 10.9 Å². The normalized spacial score (nSPS) is 40.3. The summed E-state index contributed by atoms with van der Waals surface area (Å²) in [7, 11) is 0. The number of hydrogen-bond acceptors (Lipinski definition) is 1. The van der Waals surface area contributed by atoms with Crippen LogP contribution in [-0.2, 0) is 5.41 Å². The Bertz CT molecular complexity index is 493. The van der Waals surface area contributed by atoms with Crippen molar-refractivity contribution in [2.24, 2.45) is 29.4 Å². The van der Waals surface area contributed by atoms with E-state index in [-0.39, 0.29) is 0 Å². The Morgan fingerprint density at radius 2 is 1.85 bits per heavy atom. The Morgan fingerprint density at radius 3 is 2.50 bits per heavy atom. The Hall–Kier alpha value is -0.890. The van der Waals surface area contributed by atoms with E-state index in [9.17, 15) is 0 Å². The van der Waals surface area contributed by atoms with Gasteiger partial charge in [-0.1, -0.05) is 56.4 Å². The summed E-state index contributed by atoms with van der Waals surface area (Å²) in [6.45, 7) is 4.75. The molecule has 0 radical (unpaired) electrons. The van der Waals surface area contributed by atoms with Crippen molar-refractivity contribution in [3.63, 3.8) is 0 Å². The molecule has 0 spiro atoms. The van der Waals surface area contributed by atoms with Gasteiger partial charge in [0.25, 0.3) is 0 Å². The molecule has 0 aliphatic heterocycles. The third-order valence-corrected chi connectivity index (χ3v) is 5.92. The number of nitrogens with two attached hydrogens (primary N) is 1. The van der Waals surface area contributed by atoms with Gasteiger partial charge < -0.3 is 5.73 Å². The predicted octanol–water partition coefficient (Wildman–Crippen LogP) is 4.30. The van der Waals surface area contributed by atoms with Crippen LogP contribution in [-0.4, -0.2) is 4.99 Å². The van der Waals surface area contributed by atoms with E-state index in [0.29, 0.717) is 23.2 Å². The summed E-state index contributed by atoms with van der Waals surface area (Å²) in [4.78, 5) is 0.748. The van der Waals surface area contributed by atoms with Gasteiger partial charge in [0.05, 0.1) is 4.99 Å². The molecule has 0 amide bonds. The van der Waals surface area contributed by atoms with Crippen LogP contribution in [0.4, 0.5) is 0 Å². The minimum atomic E-state index is 0.365. The number of benzene rings is 1. The molecule has 108 valence electrons. The summed E-state index contributed by atoms with van der Waals surface area (Å²) in [6, 6.07) is 11.1. The van der Waals surface area contributed by atoms with E-state index in [1.165, 1.54) is 31.2 Å². The van der Waals surface area contributed by atoms with Crippen LogP contribution in [0, 0.1) is 23.7 Å². The lowest BCUT2D eigenvalue weighted by Gasteiger charge is -2.53. The van der Waals surface area contributed by atoms with Crippen LogP contribution in [0.1, 0.15) is 45.1 Å². The second-order valence-corrected chi connectivity index (χ2v) is 7.74. The summed E-state index contributed by atoms with van der Waals surface area (Å²) < 4.78 is 0. The molecule has 3 rings (SSSR count).